The van der Waals surface area contributed by atoms with E-state index in [1.807, 2.05) is 0 Å². The molecule has 1 saturated heterocycles. The summed E-state index contributed by atoms with van der Waals surface area (Å²) in [7, 11) is 0. The van der Waals surface area contributed by atoms with E-state index in [2.05, 4.69) is 26.1 Å². The highest BCUT2D eigenvalue weighted by Crippen LogP contribution is 2.20. The predicted octanol–water partition coefficient (Wildman–Crippen LogP) is 1.23. The van der Waals surface area contributed by atoms with E-state index in [0.29, 0.717) is 16.8 Å². The van der Waals surface area contributed by atoms with Crippen molar-refractivity contribution in [3.05, 3.63) is 28.5 Å². The van der Waals surface area contributed by atoms with Gasteiger partial charge in [-0.3, -0.25) is 4.90 Å². The predicted molar refractivity (Wildman–Crippen MR) is 74.9 cm³/mol. The Morgan fingerprint density at radius 3 is 2.79 bits per heavy atom. The van der Waals surface area contributed by atoms with Gasteiger partial charge in [0.05, 0.1) is 0 Å². The monoisotopic (exact) mass is 332 g/mol. The van der Waals surface area contributed by atoms with Gasteiger partial charge in [-0.2, -0.15) is 0 Å². The number of rotatable bonds is 5. The van der Waals surface area contributed by atoms with Crippen LogP contribution < -0.4 is 10.1 Å². The highest BCUT2D eigenvalue weighted by atomic mass is 79.9. The summed E-state index contributed by atoms with van der Waals surface area (Å²) in [6, 6.07) is 4.35. The number of ether oxygens (including phenoxy) is 1. The van der Waals surface area contributed by atoms with Gasteiger partial charge in [-0.05, 0) is 12.1 Å². The summed E-state index contributed by atoms with van der Waals surface area (Å²) in [5, 5.41) is 13.2. The first-order chi connectivity index (χ1) is 9.13. The molecule has 0 radical (unpaired) electrons. The van der Waals surface area contributed by atoms with E-state index in [0.717, 1.165) is 26.2 Å². The van der Waals surface area contributed by atoms with Crippen molar-refractivity contribution >= 4 is 15.9 Å². The van der Waals surface area contributed by atoms with Crippen molar-refractivity contribution in [2.45, 2.75) is 6.10 Å². The summed E-state index contributed by atoms with van der Waals surface area (Å²) in [6.45, 7) is 4.51. The number of aliphatic hydroxyl groups excluding tert-OH is 1. The molecule has 1 aliphatic rings. The van der Waals surface area contributed by atoms with Crippen LogP contribution in [0.2, 0.25) is 0 Å². The molecule has 0 aliphatic carbocycles. The molecule has 1 heterocycles. The third kappa shape index (κ3) is 5.06. The largest absolute Gasteiger partial charge is 0.491 e. The molecule has 1 aromatic carbocycles. The molecule has 0 spiro atoms. The van der Waals surface area contributed by atoms with Crippen molar-refractivity contribution in [1.29, 1.82) is 0 Å². The average molecular weight is 333 g/mol. The fraction of sp³-hybridized carbons (Fsp3) is 0.538. The lowest BCUT2D eigenvalue weighted by molar-refractivity contribution is 0.0640. The van der Waals surface area contributed by atoms with Gasteiger partial charge in [0.2, 0.25) is 0 Å². The molecule has 1 unspecified atom stereocenters. The third-order valence-electron chi connectivity index (χ3n) is 2.96. The first-order valence-electron chi connectivity index (χ1n) is 6.33. The van der Waals surface area contributed by atoms with Crippen LogP contribution in [-0.4, -0.2) is 55.4 Å². The minimum Gasteiger partial charge on any atom is -0.491 e. The first kappa shape index (κ1) is 14.7. The standard InChI is InChI=1S/C13H18BrFN2O2/c14-10-5-11(15)7-13(6-10)19-9-12(18)8-17-3-1-16-2-4-17/h5-7,12,16,18H,1-4,8-9H2. The zero-order chi connectivity index (χ0) is 13.7. The van der Waals surface area contributed by atoms with Gasteiger partial charge < -0.3 is 15.2 Å². The molecular weight excluding hydrogens is 315 g/mol. The molecule has 19 heavy (non-hydrogen) atoms. The van der Waals surface area contributed by atoms with E-state index in [1.54, 1.807) is 6.07 Å². The van der Waals surface area contributed by atoms with Crippen molar-refractivity contribution in [3.63, 3.8) is 0 Å². The maximum absolute atomic E-state index is 13.1. The smallest absolute Gasteiger partial charge is 0.128 e. The number of piperazine rings is 1. The first-order valence-corrected chi connectivity index (χ1v) is 7.13. The molecule has 1 aromatic rings. The number of hydrogen-bond acceptors (Lipinski definition) is 4. The minimum absolute atomic E-state index is 0.166. The fourth-order valence-corrected chi connectivity index (χ4v) is 2.49. The van der Waals surface area contributed by atoms with Crippen LogP contribution in [0.1, 0.15) is 0 Å². The molecule has 0 bridgehead atoms. The molecule has 1 fully saturated rings. The summed E-state index contributed by atoms with van der Waals surface area (Å²) in [6.07, 6.45) is -0.569. The second kappa shape index (κ2) is 7.19. The lowest BCUT2D eigenvalue weighted by Gasteiger charge is -2.29. The van der Waals surface area contributed by atoms with E-state index in [4.69, 9.17) is 4.74 Å². The number of hydrogen-bond donors (Lipinski definition) is 2. The van der Waals surface area contributed by atoms with Gasteiger partial charge in [-0.1, -0.05) is 15.9 Å². The Balaban J connectivity index is 1.77. The minimum atomic E-state index is -0.569. The molecule has 2 rings (SSSR count). The van der Waals surface area contributed by atoms with Crippen LogP contribution >= 0.6 is 15.9 Å². The maximum Gasteiger partial charge on any atom is 0.128 e. The average Bonchev–Trinajstić information content (AvgIpc) is 2.36. The Morgan fingerprint density at radius 1 is 1.37 bits per heavy atom. The highest BCUT2D eigenvalue weighted by molar-refractivity contribution is 9.10. The number of β-amino-alcohol motifs (C(OH)–C–C–N with tert-alkyl or cyclic N) is 1. The number of aliphatic hydroxyl groups is 1. The van der Waals surface area contributed by atoms with Crippen LogP contribution in [-0.2, 0) is 0 Å². The normalized spacial score (nSPS) is 18.3. The Hall–Kier alpha value is -0.690. The molecule has 4 nitrogen and oxygen atoms in total. The maximum atomic E-state index is 13.1. The molecule has 0 amide bonds. The zero-order valence-corrected chi connectivity index (χ0v) is 12.2. The van der Waals surface area contributed by atoms with E-state index >= 15 is 0 Å². The van der Waals surface area contributed by atoms with Crippen LogP contribution in [0.25, 0.3) is 0 Å². The number of benzene rings is 1. The molecule has 6 heteroatoms. The SMILES string of the molecule is OC(COc1cc(F)cc(Br)c1)CN1CCNCC1. The van der Waals surface area contributed by atoms with Crippen LogP contribution in [0.5, 0.6) is 5.75 Å². The summed E-state index contributed by atoms with van der Waals surface area (Å²) < 4.78 is 19.2. The molecule has 106 valence electrons. The van der Waals surface area contributed by atoms with E-state index in [1.165, 1.54) is 12.1 Å². The molecule has 1 aliphatic heterocycles. The zero-order valence-electron chi connectivity index (χ0n) is 10.6. The van der Waals surface area contributed by atoms with Gasteiger partial charge in [0.15, 0.2) is 0 Å². The van der Waals surface area contributed by atoms with Crippen molar-refractivity contribution in [2.24, 2.45) is 0 Å². The van der Waals surface area contributed by atoms with Crippen LogP contribution in [0.15, 0.2) is 22.7 Å². The van der Waals surface area contributed by atoms with E-state index in [9.17, 15) is 9.50 Å². The summed E-state index contributed by atoms with van der Waals surface area (Å²) in [5.41, 5.74) is 0. The second-order valence-corrected chi connectivity index (χ2v) is 5.54. The van der Waals surface area contributed by atoms with Crippen LogP contribution in [0.4, 0.5) is 4.39 Å². The molecule has 1 atom stereocenters. The lowest BCUT2D eigenvalue weighted by atomic mass is 10.3. The van der Waals surface area contributed by atoms with E-state index < -0.39 is 6.10 Å². The third-order valence-corrected chi connectivity index (χ3v) is 3.41. The summed E-state index contributed by atoms with van der Waals surface area (Å²) >= 11 is 3.20. The van der Waals surface area contributed by atoms with Gasteiger partial charge >= 0.3 is 0 Å². The summed E-state index contributed by atoms with van der Waals surface area (Å²) in [5.74, 6) is 0.0622. The van der Waals surface area contributed by atoms with Crippen molar-refractivity contribution in [1.82, 2.24) is 10.2 Å². The van der Waals surface area contributed by atoms with E-state index in [-0.39, 0.29) is 12.4 Å². The Kier molecular flexibility index (Phi) is 5.57. The van der Waals surface area contributed by atoms with Gasteiger partial charge in [0.25, 0.3) is 0 Å². The van der Waals surface area contributed by atoms with Crippen molar-refractivity contribution in [3.8, 4) is 5.75 Å². The summed E-state index contributed by atoms with van der Waals surface area (Å²) in [4.78, 5) is 2.19. The van der Waals surface area contributed by atoms with Gasteiger partial charge in [-0.25, -0.2) is 4.39 Å². The Bertz CT molecular complexity index is 393. The Morgan fingerprint density at radius 2 is 2.11 bits per heavy atom. The van der Waals surface area contributed by atoms with Gasteiger partial charge in [0.1, 0.15) is 24.3 Å². The quantitative estimate of drug-likeness (QED) is 0.851. The van der Waals surface area contributed by atoms with Crippen LogP contribution in [0.3, 0.4) is 0 Å². The number of nitrogens with zero attached hydrogens (tertiary/aromatic N) is 1. The Labute approximate surface area is 120 Å². The molecule has 0 aromatic heterocycles. The number of nitrogens with one attached hydrogen (secondary N) is 1. The fourth-order valence-electron chi connectivity index (χ4n) is 2.05. The molecule has 0 saturated carbocycles. The van der Waals surface area contributed by atoms with Crippen LogP contribution in [0, 0.1) is 5.82 Å². The van der Waals surface area contributed by atoms with Crippen molar-refractivity contribution < 1.29 is 14.2 Å². The lowest BCUT2D eigenvalue weighted by Crippen LogP contribution is -2.47. The van der Waals surface area contributed by atoms with Crippen molar-refractivity contribution in [2.75, 3.05) is 39.3 Å². The molecular formula is C13H18BrFN2O2. The topological polar surface area (TPSA) is 44.7 Å². The second-order valence-electron chi connectivity index (χ2n) is 4.62. The highest BCUT2D eigenvalue weighted by Gasteiger charge is 2.14. The number of halogens is 2. The molecule has 2 N–H and O–H groups in total. The van der Waals surface area contributed by atoms with Gasteiger partial charge in [0, 0.05) is 43.3 Å². The van der Waals surface area contributed by atoms with Gasteiger partial charge in [-0.15, -0.1) is 0 Å².